The zero-order chi connectivity index (χ0) is 11.4. The van der Waals surface area contributed by atoms with E-state index in [9.17, 15) is 0 Å². The summed E-state index contributed by atoms with van der Waals surface area (Å²) in [5.41, 5.74) is 1.35. The van der Waals surface area contributed by atoms with Crippen molar-refractivity contribution in [1.29, 1.82) is 0 Å². The molecule has 4 unspecified atom stereocenters. The van der Waals surface area contributed by atoms with Gasteiger partial charge in [0.25, 0.3) is 0 Å². The summed E-state index contributed by atoms with van der Waals surface area (Å²) in [7, 11) is 0. The van der Waals surface area contributed by atoms with Gasteiger partial charge in [-0.15, -0.1) is 0 Å². The Morgan fingerprint density at radius 1 is 1.47 bits per heavy atom. The van der Waals surface area contributed by atoms with E-state index in [-0.39, 0.29) is 12.4 Å². The zero-order valence-electron chi connectivity index (χ0n) is 10.6. The largest absolute Gasteiger partial charge is 0.353 e. The molecule has 2 nitrogen and oxygen atoms in total. The third kappa shape index (κ3) is 3.32. The first kappa shape index (κ1) is 12.7. The molecular formula is C13H24O2. The standard InChI is InChI=1S/C13H24O2/c1-6-14-12(5)15-13-10(3)8-7-9(2)11(13)4/h8-9,11-13H,6-7H2,1-5H3. The van der Waals surface area contributed by atoms with Crippen molar-refractivity contribution in [3.05, 3.63) is 11.6 Å². The van der Waals surface area contributed by atoms with Gasteiger partial charge in [-0.25, -0.2) is 0 Å². The minimum Gasteiger partial charge on any atom is -0.353 e. The predicted octanol–water partition coefficient (Wildman–Crippen LogP) is 3.38. The molecule has 0 N–H and O–H groups in total. The van der Waals surface area contributed by atoms with Crippen molar-refractivity contribution in [2.75, 3.05) is 6.61 Å². The van der Waals surface area contributed by atoms with Crippen LogP contribution in [0.2, 0.25) is 0 Å². The molecule has 0 aromatic carbocycles. The molecule has 0 saturated heterocycles. The topological polar surface area (TPSA) is 18.5 Å². The molecule has 0 bridgehead atoms. The van der Waals surface area contributed by atoms with Crippen LogP contribution in [-0.2, 0) is 9.47 Å². The highest BCUT2D eigenvalue weighted by Gasteiger charge is 2.29. The monoisotopic (exact) mass is 212 g/mol. The van der Waals surface area contributed by atoms with E-state index in [1.165, 1.54) is 12.0 Å². The van der Waals surface area contributed by atoms with E-state index in [2.05, 4.69) is 26.8 Å². The van der Waals surface area contributed by atoms with Crippen LogP contribution in [0.15, 0.2) is 11.6 Å². The molecule has 88 valence electrons. The molecule has 0 saturated carbocycles. The Bertz CT molecular complexity index is 223. The van der Waals surface area contributed by atoms with Crippen LogP contribution in [0.1, 0.15) is 41.0 Å². The van der Waals surface area contributed by atoms with E-state index in [1.807, 2.05) is 13.8 Å². The van der Waals surface area contributed by atoms with E-state index >= 15 is 0 Å². The molecule has 0 spiro atoms. The Balaban J connectivity index is 2.58. The van der Waals surface area contributed by atoms with Crippen molar-refractivity contribution < 1.29 is 9.47 Å². The molecule has 1 aliphatic carbocycles. The van der Waals surface area contributed by atoms with E-state index in [1.54, 1.807) is 0 Å². The van der Waals surface area contributed by atoms with Crippen molar-refractivity contribution >= 4 is 0 Å². The fourth-order valence-electron chi connectivity index (χ4n) is 2.13. The van der Waals surface area contributed by atoms with E-state index in [4.69, 9.17) is 9.47 Å². The summed E-state index contributed by atoms with van der Waals surface area (Å²) in [5.74, 6) is 1.28. The van der Waals surface area contributed by atoms with Crippen LogP contribution in [0.5, 0.6) is 0 Å². The van der Waals surface area contributed by atoms with Gasteiger partial charge >= 0.3 is 0 Å². The van der Waals surface area contributed by atoms with Crippen LogP contribution < -0.4 is 0 Å². The van der Waals surface area contributed by atoms with Crippen LogP contribution in [-0.4, -0.2) is 19.0 Å². The first-order valence-electron chi connectivity index (χ1n) is 6.00. The van der Waals surface area contributed by atoms with Gasteiger partial charge < -0.3 is 9.47 Å². The molecule has 1 aliphatic rings. The van der Waals surface area contributed by atoms with Crippen LogP contribution in [0.4, 0.5) is 0 Å². The first-order chi connectivity index (χ1) is 7.06. The second kappa shape index (κ2) is 5.66. The van der Waals surface area contributed by atoms with Gasteiger partial charge in [-0.2, -0.15) is 0 Å². The average Bonchev–Trinajstić information content (AvgIpc) is 2.19. The number of rotatable bonds is 4. The molecule has 4 atom stereocenters. The number of ether oxygens (including phenoxy) is 2. The summed E-state index contributed by atoms with van der Waals surface area (Å²) in [5, 5.41) is 0. The van der Waals surface area contributed by atoms with Gasteiger partial charge in [0.05, 0.1) is 6.10 Å². The third-order valence-corrected chi connectivity index (χ3v) is 3.38. The van der Waals surface area contributed by atoms with Gasteiger partial charge in [-0.1, -0.05) is 19.9 Å². The van der Waals surface area contributed by atoms with Crippen molar-refractivity contribution in [3.8, 4) is 0 Å². The molecule has 2 heteroatoms. The molecule has 15 heavy (non-hydrogen) atoms. The quantitative estimate of drug-likeness (QED) is 0.525. The van der Waals surface area contributed by atoms with Gasteiger partial charge in [0.2, 0.25) is 0 Å². The molecule has 0 heterocycles. The van der Waals surface area contributed by atoms with Crippen LogP contribution >= 0.6 is 0 Å². The highest BCUT2D eigenvalue weighted by Crippen LogP contribution is 2.32. The molecule has 1 rings (SSSR count). The number of hydrogen-bond acceptors (Lipinski definition) is 2. The Hall–Kier alpha value is -0.340. The Morgan fingerprint density at radius 3 is 2.73 bits per heavy atom. The highest BCUT2D eigenvalue weighted by molar-refractivity contribution is 5.11. The molecular weight excluding hydrogens is 188 g/mol. The number of hydrogen-bond donors (Lipinski definition) is 0. The molecule has 0 amide bonds. The molecule has 0 aromatic rings. The van der Waals surface area contributed by atoms with Gasteiger partial charge in [0.1, 0.15) is 0 Å². The Labute approximate surface area is 93.7 Å². The Kier molecular flexibility index (Phi) is 4.81. The lowest BCUT2D eigenvalue weighted by Crippen LogP contribution is -2.34. The second-order valence-electron chi connectivity index (χ2n) is 4.60. The summed E-state index contributed by atoms with van der Waals surface area (Å²) in [6.45, 7) is 11.4. The molecule has 0 aliphatic heterocycles. The molecule has 0 aromatic heterocycles. The minimum atomic E-state index is -0.101. The first-order valence-corrected chi connectivity index (χ1v) is 6.00. The maximum atomic E-state index is 5.94. The lowest BCUT2D eigenvalue weighted by atomic mass is 9.80. The average molecular weight is 212 g/mol. The fraction of sp³-hybridized carbons (Fsp3) is 0.846. The third-order valence-electron chi connectivity index (χ3n) is 3.38. The van der Waals surface area contributed by atoms with Gasteiger partial charge in [0.15, 0.2) is 6.29 Å². The smallest absolute Gasteiger partial charge is 0.155 e. The lowest BCUT2D eigenvalue weighted by molar-refractivity contribution is -0.163. The summed E-state index contributed by atoms with van der Waals surface area (Å²) in [6, 6.07) is 0. The zero-order valence-corrected chi connectivity index (χ0v) is 10.6. The van der Waals surface area contributed by atoms with E-state index in [0.717, 1.165) is 0 Å². The fourth-order valence-corrected chi connectivity index (χ4v) is 2.13. The summed E-state index contributed by atoms with van der Waals surface area (Å²) >= 11 is 0. The van der Waals surface area contributed by atoms with E-state index in [0.29, 0.717) is 18.4 Å². The number of allylic oxidation sites excluding steroid dienone is 1. The normalized spacial score (nSPS) is 33.7. The van der Waals surface area contributed by atoms with Gasteiger partial charge in [-0.3, -0.25) is 0 Å². The van der Waals surface area contributed by atoms with Crippen LogP contribution in [0.25, 0.3) is 0 Å². The summed E-state index contributed by atoms with van der Waals surface area (Å²) in [6.07, 6.45) is 3.61. The minimum absolute atomic E-state index is 0.101. The summed E-state index contributed by atoms with van der Waals surface area (Å²) in [4.78, 5) is 0. The molecule has 0 fully saturated rings. The van der Waals surface area contributed by atoms with Crippen LogP contribution in [0.3, 0.4) is 0 Å². The van der Waals surface area contributed by atoms with Crippen molar-refractivity contribution in [1.82, 2.24) is 0 Å². The predicted molar refractivity (Wildman–Crippen MR) is 62.7 cm³/mol. The lowest BCUT2D eigenvalue weighted by Gasteiger charge is -2.35. The van der Waals surface area contributed by atoms with Crippen molar-refractivity contribution in [3.63, 3.8) is 0 Å². The molecule has 0 radical (unpaired) electrons. The Morgan fingerprint density at radius 2 is 2.13 bits per heavy atom. The SMILES string of the molecule is CCOC(C)OC1C(C)=CCC(C)C1C. The van der Waals surface area contributed by atoms with E-state index < -0.39 is 0 Å². The van der Waals surface area contributed by atoms with Crippen LogP contribution in [0, 0.1) is 11.8 Å². The maximum absolute atomic E-state index is 5.94. The maximum Gasteiger partial charge on any atom is 0.155 e. The summed E-state index contributed by atoms with van der Waals surface area (Å²) < 4.78 is 11.4. The van der Waals surface area contributed by atoms with Gasteiger partial charge in [0, 0.05) is 6.61 Å². The second-order valence-corrected chi connectivity index (χ2v) is 4.60. The highest BCUT2D eigenvalue weighted by atomic mass is 16.7. The van der Waals surface area contributed by atoms with Crippen molar-refractivity contribution in [2.24, 2.45) is 11.8 Å². The van der Waals surface area contributed by atoms with Gasteiger partial charge in [-0.05, 0) is 44.6 Å². The van der Waals surface area contributed by atoms with Crippen molar-refractivity contribution in [2.45, 2.75) is 53.4 Å².